The second-order valence-electron chi connectivity index (χ2n) is 6.52. The van der Waals surface area contributed by atoms with Crippen LogP contribution in [0.25, 0.3) is 0 Å². The van der Waals surface area contributed by atoms with Gasteiger partial charge in [-0.05, 0) is 56.2 Å². The lowest BCUT2D eigenvalue weighted by Gasteiger charge is -2.27. The second-order valence-corrected chi connectivity index (χ2v) is 9.35. The van der Waals surface area contributed by atoms with Gasteiger partial charge in [0.2, 0.25) is 10.0 Å². The Bertz CT molecular complexity index is 956. The number of anilines is 1. The molecule has 3 rings (SSSR count). The fourth-order valence-electron chi connectivity index (χ4n) is 3.14. The Kier molecular flexibility index (Phi) is 6.74. The Morgan fingerprint density at radius 1 is 1.14 bits per heavy atom. The highest BCUT2D eigenvalue weighted by Crippen LogP contribution is 2.31. The van der Waals surface area contributed by atoms with E-state index in [1.165, 1.54) is 10.4 Å². The summed E-state index contributed by atoms with van der Waals surface area (Å²) in [5.74, 6) is -0.0136. The van der Waals surface area contributed by atoms with E-state index in [1.807, 2.05) is 6.07 Å². The van der Waals surface area contributed by atoms with Crippen molar-refractivity contribution >= 4 is 37.5 Å². The van der Waals surface area contributed by atoms with Gasteiger partial charge in [0.15, 0.2) is 0 Å². The highest BCUT2D eigenvalue weighted by Gasteiger charge is 2.29. The minimum Gasteiger partial charge on any atom is -0.492 e. The molecule has 0 unspecified atom stereocenters. The van der Waals surface area contributed by atoms with Crippen LogP contribution in [-0.2, 0) is 10.0 Å². The highest BCUT2D eigenvalue weighted by atomic mass is 79.9. The predicted molar refractivity (Wildman–Crippen MR) is 112 cm³/mol. The number of halogens is 1. The Morgan fingerprint density at radius 2 is 1.89 bits per heavy atom. The average molecular weight is 467 g/mol. The maximum Gasteiger partial charge on any atom is 0.255 e. The van der Waals surface area contributed by atoms with Crippen molar-refractivity contribution in [3.05, 3.63) is 52.5 Å². The van der Waals surface area contributed by atoms with E-state index in [9.17, 15) is 13.2 Å². The van der Waals surface area contributed by atoms with Crippen molar-refractivity contribution in [2.45, 2.75) is 31.1 Å². The molecule has 28 heavy (non-hydrogen) atoms. The number of rotatable bonds is 6. The molecule has 1 aliphatic rings. The number of amides is 1. The number of carbonyl (C=O) groups excluding carboxylic acids is 1. The number of benzene rings is 2. The van der Waals surface area contributed by atoms with Crippen molar-refractivity contribution in [3.63, 3.8) is 0 Å². The number of nitrogens with one attached hydrogen (secondary N) is 1. The summed E-state index contributed by atoms with van der Waals surface area (Å²) in [6, 6.07) is 11.7. The van der Waals surface area contributed by atoms with Gasteiger partial charge in [-0.3, -0.25) is 4.79 Å². The van der Waals surface area contributed by atoms with Gasteiger partial charge >= 0.3 is 0 Å². The lowest BCUT2D eigenvalue weighted by atomic mass is 10.2. The zero-order valence-corrected chi connectivity index (χ0v) is 18.1. The van der Waals surface area contributed by atoms with Crippen molar-refractivity contribution in [1.82, 2.24) is 4.31 Å². The average Bonchev–Trinajstić information content (AvgIpc) is 2.70. The molecule has 150 valence electrons. The SMILES string of the molecule is CCOc1ccc(NC(=O)c2cccc(Br)c2)cc1S(=O)(=O)N1CCCCC1. The number of carbonyl (C=O) groups is 1. The molecule has 2 aromatic carbocycles. The molecular weight excluding hydrogens is 444 g/mol. The van der Waals surface area contributed by atoms with Gasteiger partial charge in [-0.1, -0.05) is 28.4 Å². The molecule has 8 heteroatoms. The first-order chi connectivity index (χ1) is 13.4. The fraction of sp³-hybridized carbons (Fsp3) is 0.350. The van der Waals surface area contributed by atoms with Gasteiger partial charge in [0.1, 0.15) is 10.6 Å². The third kappa shape index (κ3) is 4.74. The van der Waals surface area contributed by atoms with Crippen LogP contribution in [0.1, 0.15) is 36.5 Å². The van der Waals surface area contributed by atoms with E-state index in [-0.39, 0.29) is 10.8 Å². The van der Waals surface area contributed by atoms with Crippen LogP contribution in [0.15, 0.2) is 51.8 Å². The number of sulfonamides is 1. The molecule has 1 amide bonds. The van der Waals surface area contributed by atoms with Crippen LogP contribution in [0.5, 0.6) is 5.75 Å². The van der Waals surface area contributed by atoms with Crippen molar-refractivity contribution in [2.24, 2.45) is 0 Å². The first-order valence-electron chi connectivity index (χ1n) is 9.25. The summed E-state index contributed by atoms with van der Waals surface area (Å²) < 4.78 is 34.2. The van der Waals surface area contributed by atoms with Crippen molar-refractivity contribution in [2.75, 3.05) is 25.0 Å². The van der Waals surface area contributed by atoms with Gasteiger partial charge in [0, 0.05) is 28.8 Å². The first-order valence-corrected chi connectivity index (χ1v) is 11.5. The Labute approximate surface area is 174 Å². The summed E-state index contributed by atoms with van der Waals surface area (Å²) in [6.45, 7) is 3.16. The molecule has 6 nitrogen and oxygen atoms in total. The summed E-state index contributed by atoms with van der Waals surface area (Å²) >= 11 is 3.34. The number of ether oxygens (including phenoxy) is 1. The van der Waals surface area contributed by atoms with Crippen LogP contribution in [0.4, 0.5) is 5.69 Å². The van der Waals surface area contributed by atoms with Gasteiger partial charge in [0.05, 0.1) is 6.61 Å². The quantitative estimate of drug-likeness (QED) is 0.689. The molecular formula is C20H23BrN2O4S. The number of hydrogen-bond donors (Lipinski definition) is 1. The number of nitrogens with zero attached hydrogens (tertiary/aromatic N) is 1. The first kappa shape index (κ1) is 20.8. The lowest BCUT2D eigenvalue weighted by Crippen LogP contribution is -2.35. The summed E-state index contributed by atoms with van der Waals surface area (Å²) in [4.78, 5) is 12.6. The number of hydrogen-bond acceptors (Lipinski definition) is 4. The zero-order chi connectivity index (χ0) is 20.1. The van der Waals surface area contributed by atoms with Gasteiger partial charge in [-0.15, -0.1) is 0 Å². The summed E-state index contributed by atoms with van der Waals surface area (Å²) in [6.07, 6.45) is 2.73. The van der Waals surface area contributed by atoms with Crippen LogP contribution < -0.4 is 10.1 Å². The van der Waals surface area contributed by atoms with E-state index in [2.05, 4.69) is 21.2 Å². The molecule has 0 aromatic heterocycles. The Balaban J connectivity index is 1.92. The summed E-state index contributed by atoms with van der Waals surface area (Å²) in [5.41, 5.74) is 0.882. The highest BCUT2D eigenvalue weighted by molar-refractivity contribution is 9.10. The van der Waals surface area contributed by atoms with Gasteiger partial charge < -0.3 is 10.1 Å². The molecule has 0 aliphatic carbocycles. The van der Waals surface area contributed by atoms with Crippen molar-refractivity contribution in [1.29, 1.82) is 0 Å². The Morgan fingerprint density at radius 3 is 2.57 bits per heavy atom. The fourth-order valence-corrected chi connectivity index (χ4v) is 5.21. The molecule has 1 fully saturated rings. The lowest BCUT2D eigenvalue weighted by molar-refractivity contribution is 0.102. The molecule has 1 saturated heterocycles. The van der Waals surface area contributed by atoms with Crippen LogP contribution in [0.2, 0.25) is 0 Å². The van der Waals surface area contributed by atoms with Gasteiger partial charge in [-0.2, -0.15) is 4.31 Å². The molecule has 0 spiro atoms. The summed E-state index contributed by atoms with van der Waals surface area (Å²) in [5, 5.41) is 2.77. The van der Waals surface area contributed by atoms with E-state index in [4.69, 9.17) is 4.74 Å². The third-order valence-corrected chi connectivity index (χ3v) is 6.93. The largest absolute Gasteiger partial charge is 0.492 e. The molecule has 0 bridgehead atoms. The van der Waals surface area contributed by atoms with E-state index < -0.39 is 10.0 Å². The van der Waals surface area contributed by atoms with Crippen molar-refractivity contribution < 1.29 is 17.9 Å². The minimum absolute atomic E-state index is 0.0864. The van der Waals surface area contributed by atoms with E-state index in [1.54, 1.807) is 37.3 Å². The van der Waals surface area contributed by atoms with Crippen LogP contribution in [-0.4, -0.2) is 38.3 Å². The van der Waals surface area contributed by atoms with Crippen LogP contribution >= 0.6 is 15.9 Å². The molecule has 0 saturated carbocycles. The third-order valence-electron chi connectivity index (χ3n) is 4.52. The minimum atomic E-state index is -3.69. The molecule has 1 N–H and O–H groups in total. The van der Waals surface area contributed by atoms with E-state index in [0.29, 0.717) is 36.7 Å². The summed E-state index contributed by atoms with van der Waals surface area (Å²) in [7, 11) is -3.69. The molecule has 1 heterocycles. The van der Waals surface area contributed by atoms with Crippen LogP contribution in [0, 0.1) is 0 Å². The molecule has 0 radical (unpaired) electrons. The van der Waals surface area contributed by atoms with Gasteiger partial charge in [-0.25, -0.2) is 8.42 Å². The predicted octanol–water partition coefficient (Wildman–Crippen LogP) is 4.27. The van der Waals surface area contributed by atoms with Crippen LogP contribution in [0.3, 0.4) is 0 Å². The normalized spacial score (nSPS) is 15.2. The van der Waals surface area contributed by atoms with Gasteiger partial charge in [0.25, 0.3) is 5.91 Å². The smallest absolute Gasteiger partial charge is 0.255 e. The molecule has 1 aliphatic heterocycles. The van der Waals surface area contributed by atoms with Crippen molar-refractivity contribution in [3.8, 4) is 5.75 Å². The standard InChI is InChI=1S/C20H23BrN2O4S/c1-2-27-18-10-9-17(22-20(24)15-7-6-8-16(21)13-15)14-19(18)28(25,26)23-11-4-3-5-12-23/h6-10,13-14H,2-5,11-12H2,1H3,(H,22,24). The maximum atomic E-state index is 13.2. The monoisotopic (exact) mass is 466 g/mol. The Hall–Kier alpha value is -1.90. The van der Waals surface area contributed by atoms with E-state index >= 15 is 0 Å². The molecule has 0 atom stereocenters. The number of piperidine rings is 1. The zero-order valence-electron chi connectivity index (χ0n) is 15.7. The topological polar surface area (TPSA) is 75.7 Å². The molecule has 2 aromatic rings. The maximum absolute atomic E-state index is 13.2. The second kappa shape index (κ2) is 9.07. The van der Waals surface area contributed by atoms with E-state index in [0.717, 1.165) is 23.7 Å².